The van der Waals surface area contributed by atoms with Gasteiger partial charge in [0.25, 0.3) is 5.91 Å². The van der Waals surface area contributed by atoms with Crippen molar-refractivity contribution in [2.24, 2.45) is 7.05 Å². The summed E-state index contributed by atoms with van der Waals surface area (Å²) in [6.45, 7) is 0.618. The molecule has 2 rings (SSSR count). The van der Waals surface area contributed by atoms with E-state index in [1.165, 1.54) is 0 Å². The molecule has 0 bridgehead atoms. The van der Waals surface area contributed by atoms with Crippen molar-refractivity contribution in [1.82, 2.24) is 25.7 Å². The van der Waals surface area contributed by atoms with Crippen LogP contribution < -0.4 is 16.0 Å². The largest absolute Gasteiger partial charge is 0.353 e. The Hall–Kier alpha value is -2.38. The fourth-order valence-corrected chi connectivity index (χ4v) is 2.46. The summed E-state index contributed by atoms with van der Waals surface area (Å²) in [6.07, 6.45) is 3.42. The van der Waals surface area contributed by atoms with E-state index in [1.807, 2.05) is 0 Å². The third-order valence-electron chi connectivity index (χ3n) is 3.44. The molecule has 1 aromatic heterocycles. The van der Waals surface area contributed by atoms with Gasteiger partial charge in [0.1, 0.15) is 6.04 Å². The summed E-state index contributed by atoms with van der Waals surface area (Å²) in [7, 11) is 3.49. The lowest BCUT2D eigenvalue weighted by atomic mass is 10.1. The smallest absolute Gasteiger partial charge is 0.252 e. The molecule has 1 aromatic carbocycles. The van der Waals surface area contributed by atoms with E-state index in [2.05, 4.69) is 21.0 Å². The molecule has 0 radical (unpaired) electrons. The summed E-state index contributed by atoms with van der Waals surface area (Å²) in [5, 5.41) is 12.9. The lowest BCUT2D eigenvalue weighted by Crippen LogP contribution is -2.40. The fourth-order valence-electron chi connectivity index (χ4n) is 2.24. The third kappa shape index (κ3) is 4.56. The standard InChI is InChI=1S/C16H20ClN5O2/c1-18-14(11-9-21-22(2)10-11)16(24)20-8-7-19-15(23)12-5-3-4-6-13(12)17/h3-6,9-10,14,18H,7-8H2,1-2H3,(H,19,23)(H,20,24). The number of aromatic nitrogens is 2. The van der Waals surface area contributed by atoms with Crippen molar-refractivity contribution in [2.75, 3.05) is 20.1 Å². The average molecular weight is 350 g/mol. The minimum atomic E-state index is -0.488. The maximum absolute atomic E-state index is 12.2. The minimum absolute atomic E-state index is 0.183. The highest BCUT2D eigenvalue weighted by molar-refractivity contribution is 6.33. The molecule has 7 nitrogen and oxygen atoms in total. The van der Waals surface area contributed by atoms with Gasteiger partial charge in [0.15, 0.2) is 0 Å². The van der Waals surface area contributed by atoms with Gasteiger partial charge in [-0.1, -0.05) is 23.7 Å². The zero-order valence-electron chi connectivity index (χ0n) is 13.5. The number of aryl methyl sites for hydroxylation is 1. The summed E-state index contributed by atoms with van der Waals surface area (Å²) in [5.41, 5.74) is 1.19. The maximum Gasteiger partial charge on any atom is 0.252 e. The van der Waals surface area contributed by atoms with Gasteiger partial charge >= 0.3 is 0 Å². The Bertz CT molecular complexity index is 716. The SMILES string of the molecule is CNC(C(=O)NCCNC(=O)c1ccccc1Cl)c1cnn(C)c1. The molecule has 1 unspecified atom stereocenters. The number of rotatable bonds is 7. The van der Waals surface area contributed by atoms with E-state index < -0.39 is 6.04 Å². The molecule has 0 saturated carbocycles. The van der Waals surface area contributed by atoms with Crippen molar-refractivity contribution < 1.29 is 9.59 Å². The van der Waals surface area contributed by atoms with Gasteiger partial charge in [0.05, 0.1) is 16.8 Å². The molecule has 0 aliphatic carbocycles. The normalized spacial score (nSPS) is 11.8. The lowest BCUT2D eigenvalue weighted by molar-refractivity contribution is -0.123. The van der Waals surface area contributed by atoms with Gasteiger partial charge < -0.3 is 16.0 Å². The average Bonchev–Trinajstić information content (AvgIpc) is 2.98. The number of nitrogens with one attached hydrogen (secondary N) is 3. The number of carbonyl (C=O) groups excluding carboxylic acids is 2. The fraction of sp³-hybridized carbons (Fsp3) is 0.312. The first-order chi connectivity index (χ1) is 11.5. The molecule has 0 spiro atoms. The van der Waals surface area contributed by atoms with Crippen LogP contribution in [0.15, 0.2) is 36.7 Å². The summed E-state index contributed by atoms with van der Waals surface area (Å²) in [6, 6.07) is 6.32. The number of benzene rings is 1. The lowest BCUT2D eigenvalue weighted by Gasteiger charge is -2.14. The van der Waals surface area contributed by atoms with Gasteiger partial charge in [-0.3, -0.25) is 14.3 Å². The Labute approximate surface area is 145 Å². The summed E-state index contributed by atoms with van der Waals surface area (Å²) in [5.74, 6) is -0.454. The van der Waals surface area contributed by atoms with Crippen molar-refractivity contribution in [3.05, 3.63) is 52.8 Å². The zero-order chi connectivity index (χ0) is 17.5. The topological polar surface area (TPSA) is 88.1 Å². The van der Waals surface area contributed by atoms with E-state index in [0.717, 1.165) is 5.56 Å². The van der Waals surface area contributed by atoms with Crippen LogP contribution in [0.2, 0.25) is 5.02 Å². The van der Waals surface area contributed by atoms with Gasteiger partial charge in [-0.2, -0.15) is 5.10 Å². The molecular weight excluding hydrogens is 330 g/mol. The zero-order valence-corrected chi connectivity index (χ0v) is 14.3. The molecule has 0 fully saturated rings. The van der Waals surface area contributed by atoms with Crippen molar-refractivity contribution >= 4 is 23.4 Å². The highest BCUT2D eigenvalue weighted by Gasteiger charge is 2.19. The Morgan fingerprint density at radius 2 is 1.96 bits per heavy atom. The van der Waals surface area contributed by atoms with Gasteiger partial charge in [-0.15, -0.1) is 0 Å². The molecule has 0 aliphatic heterocycles. The molecule has 2 amide bonds. The molecule has 1 heterocycles. The molecule has 0 aliphatic rings. The van der Waals surface area contributed by atoms with Crippen LogP contribution in [0.25, 0.3) is 0 Å². The summed E-state index contributed by atoms with van der Waals surface area (Å²) in [4.78, 5) is 24.2. The molecule has 128 valence electrons. The quantitative estimate of drug-likeness (QED) is 0.647. The second kappa shape index (κ2) is 8.47. The van der Waals surface area contributed by atoms with Crippen LogP contribution in [0.1, 0.15) is 22.0 Å². The van der Waals surface area contributed by atoms with Crippen LogP contribution in [0, 0.1) is 0 Å². The second-order valence-corrected chi connectivity index (χ2v) is 5.60. The number of nitrogens with zero attached hydrogens (tertiary/aromatic N) is 2. The predicted octanol–water partition coefficient (Wildman–Crippen LogP) is 0.880. The van der Waals surface area contributed by atoms with Crippen LogP contribution >= 0.6 is 11.6 Å². The Balaban J connectivity index is 1.80. The number of hydrogen-bond donors (Lipinski definition) is 3. The van der Waals surface area contributed by atoms with Crippen LogP contribution in [-0.4, -0.2) is 41.7 Å². The van der Waals surface area contributed by atoms with Gasteiger partial charge in [0.2, 0.25) is 5.91 Å². The monoisotopic (exact) mass is 349 g/mol. The number of amides is 2. The predicted molar refractivity (Wildman–Crippen MR) is 91.8 cm³/mol. The molecule has 1 atom stereocenters. The molecule has 8 heteroatoms. The van der Waals surface area contributed by atoms with Crippen molar-refractivity contribution in [3.63, 3.8) is 0 Å². The number of likely N-dealkylation sites (N-methyl/N-ethyl adjacent to an activating group) is 1. The van der Waals surface area contributed by atoms with Crippen molar-refractivity contribution in [3.8, 4) is 0 Å². The minimum Gasteiger partial charge on any atom is -0.353 e. The Morgan fingerprint density at radius 1 is 1.25 bits per heavy atom. The molecular formula is C16H20ClN5O2. The second-order valence-electron chi connectivity index (χ2n) is 5.20. The van der Waals surface area contributed by atoms with Crippen LogP contribution in [-0.2, 0) is 11.8 Å². The number of halogens is 1. The van der Waals surface area contributed by atoms with E-state index in [-0.39, 0.29) is 11.8 Å². The van der Waals surface area contributed by atoms with Crippen LogP contribution in [0.4, 0.5) is 0 Å². The summed E-state index contributed by atoms with van der Waals surface area (Å²) < 4.78 is 1.64. The molecule has 3 N–H and O–H groups in total. The highest BCUT2D eigenvalue weighted by Crippen LogP contribution is 2.14. The van der Waals surface area contributed by atoms with Crippen molar-refractivity contribution in [1.29, 1.82) is 0 Å². The first-order valence-corrected chi connectivity index (χ1v) is 7.87. The number of hydrogen-bond acceptors (Lipinski definition) is 4. The maximum atomic E-state index is 12.2. The van der Waals surface area contributed by atoms with Crippen LogP contribution in [0.5, 0.6) is 0 Å². The summed E-state index contributed by atoms with van der Waals surface area (Å²) >= 11 is 5.97. The molecule has 2 aromatic rings. The van der Waals surface area contributed by atoms with E-state index in [0.29, 0.717) is 23.7 Å². The van der Waals surface area contributed by atoms with Crippen molar-refractivity contribution in [2.45, 2.75) is 6.04 Å². The van der Waals surface area contributed by atoms with Crippen LogP contribution in [0.3, 0.4) is 0 Å². The Kier molecular flexibility index (Phi) is 6.34. The highest BCUT2D eigenvalue weighted by atomic mass is 35.5. The first-order valence-electron chi connectivity index (χ1n) is 7.49. The van der Waals surface area contributed by atoms with E-state index in [9.17, 15) is 9.59 Å². The first kappa shape index (κ1) is 18.0. The third-order valence-corrected chi connectivity index (χ3v) is 3.77. The molecule has 0 saturated heterocycles. The van der Waals surface area contributed by atoms with E-state index in [1.54, 1.807) is 55.4 Å². The van der Waals surface area contributed by atoms with Gasteiger partial charge in [-0.05, 0) is 19.2 Å². The Morgan fingerprint density at radius 3 is 2.58 bits per heavy atom. The van der Waals surface area contributed by atoms with E-state index in [4.69, 9.17) is 11.6 Å². The van der Waals surface area contributed by atoms with E-state index >= 15 is 0 Å². The van der Waals surface area contributed by atoms with Gasteiger partial charge in [0, 0.05) is 31.9 Å². The molecule has 24 heavy (non-hydrogen) atoms. The number of carbonyl (C=O) groups is 2. The van der Waals surface area contributed by atoms with Gasteiger partial charge in [-0.25, -0.2) is 0 Å².